The van der Waals surface area contributed by atoms with Crippen LogP contribution < -0.4 is 0 Å². The molecule has 2 aromatic carbocycles. The Labute approximate surface area is 127 Å². The highest BCUT2D eigenvalue weighted by Gasteiger charge is 2.10. The van der Waals surface area contributed by atoms with Gasteiger partial charge in [0, 0.05) is 22.6 Å². The lowest BCUT2D eigenvalue weighted by atomic mass is 10.0. The lowest BCUT2D eigenvalue weighted by Crippen LogP contribution is -2.04. The van der Waals surface area contributed by atoms with Crippen molar-refractivity contribution in [2.45, 2.75) is 18.7 Å². The van der Waals surface area contributed by atoms with Crippen LogP contribution in [0.1, 0.15) is 21.5 Å². The number of aryl methyl sites for hydroxylation is 2. The van der Waals surface area contributed by atoms with Gasteiger partial charge in [0.25, 0.3) is 5.69 Å². The van der Waals surface area contributed by atoms with Gasteiger partial charge in [0.15, 0.2) is 5.78 Å². The van der Waals surface area contributed by atoms with Crippen LogP contribution in [0, 0.1) is 24.0 Å². The fourth-order valence-electron chi connectivity index (χ4n) is 2.02. The van der Waals surface area contributed by atoms with Crippen molar-refractivity contribution >= 4 is 23.2 Å². The van der Waals surface area contributed by atoms with Crippen LogP contribution in [0.4, 0.5) is 5.69 Å². The summed E-state index contributed by atoms with van der Waals surface area (Å²) in [7, 11) is 0. The number of nitro groups is 1. The number of carbonyl (C=O) groups is 1. The third-order valence-electron chi connectivity index (χ3n) is 3.10. The van der Waals surface area contributed by atoms with Gasteiger partial charge in [0.05, 0.1) is 10.7 Å². The van der Waals surface area contributed by atoms with E-state index in [4.69, 9.17) is 0 Å². The van der Waals surface area contributed by atoms with Gasteiger partial charge in [-0.25, -0.2) is 0 Å². The predicted octanol–water partition coefficient (Wildman–Crippen LogP) is 4.19. The van der Waals surface area contributed by atoms with E-state index in [9.17, 15) is 14.9 Å². The molecule has 0 aliphatic rings. The molecule has 21 heavy (non-hydrogen) atoms. The summed E-state index contributed by atoms with van der Waals surface area (Å²) in [6.07, 6.45) is 0. The quantitative estimate of drug-likeness (QED) is 0.359. The van der Waals surface area contributed by atoms with Gasteiger partial charge in [-0.1, -0.05) is 23.8 Å². The van der Waals surface area contributed by atoms with Crippen molar-refractivity contribution in [2.75, 3.05) is 5.75 Å². The zero-order chi connectivity index (χ0) is 15.4. The van der Waals surface area contributed by atoms with E-state index in [1.54, 1.807) is 12.1 Å². The van der Waals surface area contributed by atoms with E-state index in [1.165, 1.54) is 23.9 Å². The van der Waals surface area contributed by atoms with Crippen molar-refractivity contribution in [2.24, 2.45) is 0 Å². The summed E-state index contributed by atoms with van der Waals surface area (Å²) in [5, 5.41) is 10.6. The SMILES string of the molecule is Cc1ccc(C(=O)CSc2ccc([N+](=O)[O-])cc2)c(C)c1. The fourth-order valence-corrected chi connectivity index (χ4v) is 2.80. The molecule has 2 aromatic rings. The summed E-state index contributed by atoms with van der Waals surface area (Å²) in [6, 6.07) is 12.0. The maximum absolute atomic E-state index is 12.2. The number of benzene rings is 2. The summed E-state index contributed by atoms with van der Waals surface area (Å²) in [5.74, 6) is 0.387. The second-order valence-electron chi connectivity index (χ2n) is 4.78. The van der Waals surface area contributed by atoms with Gasteiger partial charge in [-0.2, -0.15) is 0 Å². The highest BCUT2D eigenvalue weighted by atomic mass is 32.2. The van der Waals surface area contributed by atoms with E-state index in [-0.39, 0.29) is 11.5 Å². The van der Waals surface area contributed by atoms with Crippen LogP contribution in [0.25, 0.3) is 0 Å². The van der Waals surface area contributed by atoms with E-state index in [1.807, 2.05) is 32.0 Å². The number of carbonyl (C=O) groups excluding carboxylic acids is 1. The number of non-ortho nitro benzene ring substituents is 1. The van der Waals surface area contributed by atoms with Gasteiger partial charge in [-0.15, -0.1) is 11.8 Å². The molecule has 0 atom stereocenters. The first-order valence-electron chi connectivity index (χ1n) is 6.45. The summed E-state index contributed by atoms with van der Waals surface area (Å²) in [6.45, 7) is 3.92. The monoisotopic (exact) mass is 301 g/mol. The number of nitrogens with zero attached hydrogens (tertiary/aromatic N) is 1. The van der Waals surface area contributed by atoms with Crippen molar-refractivity contribution in [3.8, 4) is 0 Å². The molecule has 5 heteroatoms. The van der Waals surface area contributed by atoms with Crippen molar-refractivity contribution in [3.05, 3.63) is 69.3 Å². The second-order valence-corrected chi connectivity index (χ2v) is 5.83. The number of nitro benzene ring substituents is 1. The topological polar surface area (TPSA) is 60.2 Å². The highest BCUT2D eigenvalue weighted by molar-refractivity contribution is 8.00. The maximum Gasteiger partial charge on any atom is 0.269 e. The minimum atomic E-state index is -0.435. The van der Waals surface area contributed by atoms with Crippen LogP contribution in [0.2, 0.25) is 0 Å². The molecule has 0 aromatic heterocycles. The summed E-state index contributed by atoms with van der Waals surface area (Å²) < 4.78 is 0. The van der Waals surface area contributed by atoms with E-state index < -0.39 is 4.92 Å². The first kappa shape index (κ1) is 15.3. The van der Waals surface area contributed by atoms with Gasteiger partial charge in [-0.05, 0) is 31.5 Å². The fraction of sp³-hybridized carbons (Fsp3) is 0.188. The summed E-state index contributed by atoms with van der Waals surface area (Å²) >= 11 is 1.38. The zero-order valence-electron chi connectivity index (χ0n) is 11.8. The Kier molecular flexibility index (Phi) is 4.75. The first-order valence-corrected chi connectivity index (χ1v) is 7.43. The third kappa shape index (κ3) is 3.92. The molecule has 4 nitrogen and oxygen atoms in total. The normalized spacial score (nSPS) is 10.4. The van der Waals surface area contributed by atoms with E-state index in [0.717, 1.165) is 21.6 Å². The van der Waals surface area contributed by atoms with Gasteiger partial charge < -0.3 is 0 Å². The minimum absolute atomic E-state index is 0.0556. The van der Waals surface area contributed by atoms with Gasteiger partial charge in [0.2, 0.25) is 0 Å². The van der Waals surface area contributed by atoms with Crippen LogP contribution >= 0.6 is 11.8 Å². The average molecular weight is 301 g/mol. The third-order valence-corrected chi connectivity index (χ3v) is 4.11. The van der Waals surface area contributed by atoms with Crippen LogP contribution in [-0.4, -0.2) is 16.5 Å². The standard InChI is InChI=1S/C16H15NO3S/c1-11-3-8-15(12(2)9-11)16(18)10-21-14-6-4-13(5-7-14)17(19)20/h3-9H,10H2,1-2H3. The van der Waals surface area contributed by atoms with Crippen LogP contribution in [-0.2, 0) is 0 Å². The zero-order valence-corrected chi connectivity index (χ0v) is 12.6. The van der Waals surface area contributed by atoms with Crippen molar-refractivity contribution in [3.63, 3.8) is 0 Å². The van der Waals surface area contributed by atoms with Gasteiger partial charge in [-0.3, -0.25) is 14.9 Å². The van der Waals surface area contributed by atoms with E-state index >= 15 is 0 Å². The second kappa shape index (κ2) is 6.54. The Morgan fingerprint density at radius 1 is 1.14 bits per heavy atom. The largest absolute Gasteiger partial charge is 0.293 e. The molecular weight excluding hydrogens is 286 g/mol. The average Bonchev–Trinajstić information content (AvgIpc) is 2.45. The van der Waals surface area contributed by atoms with Crippen molar-refractivity contribution in [1.82, 2.24) is 0 Å². The molecule has 0 bridgehead atoms. The van der Waals surface area contributed by atoms with Crippen molar-refractivity contribution < 1.29 is 9.72 Å². The number of thioether (sulfide) groups is 1. The number of Topliss-reactive ketones (excluding diaryl/α,β-unsaturated/α-hetero) is 1. The lowest BCUT2D eigenvalue weighted by molar-refractivity contribution is -0.384. The van der Waals surface area contributed by atoms with Gasteiger partial charge >= 0.3 is 0 Å². The smallest absolute Gasteiger partial charge is 0.269 e. The molecule has 0 aliphatic heterocycles. The lowest BCUT2D eigenvalue weighted by Gasteiger charge is -2.06. The predicted molar refractivity (Wildman–Crippen MR) is 84.1 cm³/mol. The molecule has 0 saturated heterocycles. The van der Waals surface area contributed by atoms with Gasteiger partial charge in [0.1, 0.15) is 0 Å². The Bertz CT molecular complexity index is 680. The molecule has 108 valence electrons. The molecule has 0 radical (unpaired) electrons. The number of hydrogen-bond donors (Lipinski definition) is 0. The Balaban J connectivity index is 2.02. The Morgan fingerprint density at radius 3 is 2.38 bits per heavy atom. The summed E-state index contributed by atoms with van der Waals surface area (Å²) in [5.41, 5.74) is 2.89. The summed E-state index contributed by atoms with van der Waals surface area (Å²) in [4.78, 5) is 23.2. The van der Waals surface area contributed by atoms with Crippen LogP contribution in [0.3, 0.4) is 0 Å². The first-order chi connectivity index (χ1) is 9.97. The molecule has 0 N–H and O–H groups in total. The molecular formula is C16H15NO3S. The van der Waals surface area contributed by atoms with Crippen LogP contribution in [0.5, 0.6) is 0 Å². The molecule has 0 aliphatic carbocycles. The maximum atomic E-state index is 12.2. The molecule has 0 unspecified atom stereocenters. The number of rotatable bonds is 5. The minimum Gasteiger partial charge on any atom is -0.293 e. The number of ketones is 1. The van der Waals surface area contributed by atoms with E-state index in [2.05, 4.69) is 0 Å². The molecule has 2 rings (SSSR count). The van der Waals surface area contributed by atoms with Crippen molar-refractivity contribution in [1.29, 1.82) is 0 Å². The molecule has 0 fully saturated rings. The molecule has 0 amide bonds. The molecule has 0 spiro atoms. The highest BCUT2D eigenvalue weighted by Crippen LogP contribution is 2.23. The molecule has 0 saturated carbocycles. The Morgan fingerprint density at radius 2 is 1.81 bits per heavy atom. The number of hydrogen-bond acceptors (Lipinski definition) is 4. The Hall–Kier alpha value is -2.14. The van der Waals surface area contributed by atoms with E-state index in [0.29, 0.717) is 5.75 Å². The molecule has 0 heterocycles. The van der Waals surface area contributed by atoms with Crippen LogP contribution in [0.15, 0.2) is 47.4 Å².